The van der Waals surface area contributed by atoms with Gasteiger partial charge in [-0.3, -0.25) is 0 Å². The van der Waals surface area contributed by atoms with Gasteiger partial charge < -0.3 is 9.80 Å². The van der Waals surface area contributed by atoms with Crippen molar-refractivity contribution in [3.8, 4) is 6.07 Å². The van der Waals surface area contributed by atoms with E-state index in [4.69, 9.17) is 5.26 Å². The van der Waals surface area contributed by atoms with E-state index in [1.807, 2.05) is 18.2 Å². The third-order valence-corrected chi connectivity index (χ3v) is 3.70. The molecule has 3 rings (SSSR count). The lowest BCUT2D eigenvalue weighted by atomic mass is 10.1. The van der Waals surface area contributed by atoms with Crippen molar-refractivity contribution >= 4 is 11.6 Å². The van der Waals surface area contributed by atoms with E-state index >= 15 is 0 Å². The molecule has 0 saturated carbocycles. The number of benzene rings is 1. The summed E-state index contributed by atoms with van der Waals surface area (Å²) in [6.45, 7) is 3.75. The molecule has 0 unspecified atom stereocenters. The van der Waals surface area contributed by atoms with Crippen LogP contribution in [0, 0.1) is 11.3 Å². The average Bonchev–Trinajstić information content (AvgIpc) is 2.57. The van der Waals surface area contributed by atoms with Crippen LogP contribution in [0.1, 0.15) is 5.56 Å². The summed E-state index contributed by atoms with van der Waals surface area (Å²) in [4.78, 5) is 13.2. The van der Waals surface area contributed by atoms with Gasteiger partial charge in [-0.05, 0) is 23.8 Å². The predicted octanol–water partition coefficient (Wildman–Crippen LogP) is 1.87. The Morgan fingerprint density at radius 1 is 0.952 bits per heavy atom. The highest BCUT2D eigenvalue weighted by atomic mass is 15.3. The van der Waals surface area contributed by atoms with Crippen LogP contribution in [0.5, 0.6) is 0 Å². The largest absolute Gasteiger partial charge is 0.368 e. The lowest BCUT2D eigenvalue weighted by molar-refractivity contribution is 0.640. The van der Waals surface area contributed by atoms with Crippen molar-refractivity contribution in [3.05, 3.63) is 48.3 Å². The molecule has 0 amide bonds. The molecule has 1 aromatic heterocycles. The molecule has 5 heteroatoms. The minimum atomic E-state index is 0.472. The zero-order valence-corrected chi connectivity index (χ0v) is 11.8. The first-order chi connectivity index (χ1) is 10.4. The quantitative estimate of drug-likeness (QED) is 0.858. The highest BCUT2D eigenvalue weighted by Gasteiger charge is 2.18. The van der Waals surface area contributed by atoms with Crippen LogP contribution in [-0.4, -0.2) is 36.1 Å². The summed E-state index contributed by atoms with van der Waals surface area (Å²) in [6, 6.07) is 12.3. The fourth-order valence-electron chi connectivity index (χ4n) is 2.54. The fraction of sp³-hybridized carbons (Fsp3) is 0.312. The Labute approximate surface area is 124 Å². The van der Waals surface area contributed by atoms with Crippen molar-refractivity contribution in [2.24, 2.45) is 0 Å². The third kappa shape index (κ3) is 3.11. The molecule has 21 heavy (non-hydrogen) atoms. The molecule has 0 N–H and O–H groups in total. The van der Waals surface area contributed by atoms with Crippen LogP contribution in [0.3, 0.4) is 0 Å². The second kappa shape index (κ2) is 6.23. The zero-order valence-electron chi connectivity index (χ0n) is 11.8. The van der Waals surface area contributed by atoms with Crippen LogP contribution in [0.2, 0.25) is 0 Å². The van der Waals surface area contributed by atoms with Gasteiger partial charge in [0.2, 0.25) is 5.95 Å². The summed E-state index contributed by atoms with van der Waals surface area (Å²) >= 11 is 0. The topological polar surface area (TPSA) is 56.1 Å². The first kappa shape index (κ1) is 13.4. The van der Waals surface area contributed by atoms with Gasteiger partial charge in [0, 0.05) is 44.3 Å². The maximum absolute atomic E-state index is 8.70. The fourth-order valence-corrected chi connectivity index (χ4v) is 2.54. The van der Waals surface area contributed by atoms with E-state index in [0.717, 1.165) is 37.7 Å². The number of nitrogens with zero attached hydrogens (tertiary/aromatic N) is 5. The van der Waals surface area contributed by atoms with Crippen LogP contribution in [0.25, 0.3) is 0 Å². The van der Waals surface area contributed by atoms with E-state index in [2.05, 4.69) is 38.0 Å². The maximum atomic E-state index is 8.70. The summed E-state index contributed by atoms with van der Waals surface area (Å²) in [5.41, 5.74) is 2.28. The molecule has 0 atom stereocenters. The summed E-state index contributed by atoms with van der Waals surface area (Å²) in [7, 11) is 0. The monoisotopic (exact) mass is 279 g/mol. The molecule has 1 aromatic carbocycles. The smallest absolute Gasteiger partial charge is 0.225 e. The minimum absolute atomic E-state index is 0.472. The van der Waals surface area contributed by atoms with Crippen molar-refractivity contribution in [1.29, 1.82) is 5.26 Å². The molecule has 106 valence electrons. The van der Waals surface area contributed by atoms with E-state index in [-0.39, 0.29) is 0 Å². The highest BCUT2D eigenvalue weighted by molar-refractivity contribution is 5.49. The van der Waals surface area contributed by atoms with Crippen molar-refractivity contribution in [2.75, 3.05) is 36.0 Å². The lowest BCUT2D eigenvalue weighted by Gasteiger charge is -2.36. The number of piperazine rings is 1. The van der Waals surface area contributed by atoms with Gasteiger partial charge in [-0.25, -0.2) is 9.97 Å². The van der Waals surface area contributed by atoms with Crippen molar-refractivity contribution in [2.45, 2.75) is 6.42 Å². The average molecular weight is 279 g/mol. The molecule has 2 heterocycles. The normalized spacial score (nSPS) is 14.8. The second-order valence-corrected chi connectivity index (χ2v) is 5.02. The van der Waals surface area contributed by atoms with E-state index in [9.17, 15) is 0 Å². The molecule has 0 bridgehead atoms. The van der Waals surface area contributed by atoms with Crippen molar-refractivity contribution in [3.63, 3.8) is 0 Å². The Hall–Kier alpha value is -2.61. The van der Waals surface area contributed by atoms with Crippen molar-refractivity contribution < 1.29 is 0 Å². The SMILES string of the molecule is N#CCc1ccc(N2CCN(c3ncccn3)CC2)cc1. The predicted molar refractivity (Wildman–Crippen MR) is 82.2 cm³/mol. The van der Waals surface area contributed by atoms with Crippen LogP contribution >= 0.6 is 0 Å². The molecular formula is C16H17N5. The molecular weight excluding hydrogens is 262 g/mol. The zero-order chi connectivity index (χ0) is 14.5. The molecule has 2 aromatic rings. The molecule has 1 saturated heterocycles. The summed E-state index contributed by atoms with van der Waals surface area (Å²) < 4.78 is 0. The van der Waals surface area contributed by atoms with Gasteiger partial charge in [0.25, 0.3) is 0 Å². The number of aromatic nitrogens is 2. The maximum Gasteiger partial charge on any atom is 0.225 e. The van der Waals surface area contributed by atoms with Crippen LogP contribution in [0.4, 0.5) is 11.6 Å². The van der Waals surface area contributed by atoms with Gasteiger partial charge in [0.05, 0.1) is 12.5 Å². The van der Waals surface area contributed by atoms with E-state index in [1.54, 1.807) is 12.4 Å². The van der Waals surface area contributed by atoms with Gasteiger partial charge >= 0.3 is 0 Å². The molecule has 1 fully saturated rings. The highest BCUT2D eigenvalue weighted by Crippen LogP contribution is 2.19. The van der Waals surface area contributed by atoms with Gasteiger partial charge in [0.15, 0.2) is 0 Å². The minimum Gasteiger partial charge on any atom is -0.368 e. The second-order valence-electron chi connectivity index (χ2n) is 5.02. The third-order valence-electron chi connectivity index (χ3n) is 3.70. The van der Waals surface area contributed by atoms with Crippen molar-refractivity contribution in [1.82, 2.24) is 9.97 Å². The number of anilines is 2. The van der Waals surface area contributed by atoms with Crippen LogP contribution < -0.4 is 9.80 Å². The number of nitriles is 1. The summed E-state index contributed by atoms with van der Waals surface area (Å²) in [5.74, 6) is 0.807. The molecule has 0 radical (unpaired) electrons. The number of hydrogen-bond acceptors (Lipinski definition) is 5. The Balaban J connectivity index is 1.62. The number of rotatable bonds is 3. The first-order valence-electron chi connectivity index (χ1n) is 7.09. The Bertz CT molecular complexity index is 609. The van der Waals surface area contributed by atoms with Crippen LogP contribution in [0.15, 0.2) is 42.7 Å². The Kier molecular flexibility index (Phi) is 3.97. The molecule has 0 aliphatic carbocycles. The van der Waals surface area contributed by atoms with E-state index in [0.29, 0.717) is 6.42 Å². The van der Waals surface area contributed by atoms with Gasteiger partial charge in [-0.2, -0.15) is 5.26 Å². The summed E-state index contributed by atoms with van der Waals surface area (Å²) in [5, 5.41) is 8.70. The van der Waals surface area contributed by atoms with Crippen LogP contribution in [-0.2, 0) is 6.42 Å². The molecule has 5 nitrogen and oxygen atoms in total. The van der Waals surface area contributed by atoms with Gasteiger partial charge in [-0.1, -0.05) is 12.1 Å². The first-order valence-corrected chi connectivity index (χ1v) is 7.09. The van der Waals surface area contributed by atoms with Gasteiger partial charge in [-0.15, -0.1) is 0 Å². The van der Waals surface area contributed by atoms with E-state index < -0.39 is 0 Å². The molecule has 0 spiro atoms. The van der Waals surface area contributed by atoms with Gasteiger partial charge in [0.1, 0.15) is 0 Å². The molecule has 1 aliphatic rings. The Morgan fingerprint density at radius 3 is 2.19 bits per heavy atom. The summed E-state index contributed by atoms with van der Waals surface area (Å²) in [6.07, 6.45) is 4.03. The number of hydrogen-bond donors (Lipinski definition) is 0. The Morgan fingerprint density at radius 2 is 1.57 bits per heavy atom. The molecule has 1 aliphatic heterocycles. The lowest BCUT2D eigenvalue weighted by Crippen LogP contribution is -2.47. The standard InChI is InChI=1S/C16H17N5/c17-7-6-14-2-4-15(5-3-14)20-10-12-21(13-11-20)16-18-8-1-9-19-16/h1-5,8-9H,6,10-13H2. The van der Waals surface area contributed by atoms with E-state index in [1.165, 1.54) is 5.69 Å².